The average Bonchev–Trinajstić information content (AvgIpc) is 3.15. The third kappa shape index (κ3) is 3.70. The molecule has 0 saturated heterocycles. The Hall–Kier alpha value is -2.08. The summed E-state index contributed by atoms with van der Waals surface area (Å²) in [5.41, 5.74) is 0.999. The second kappa shape index (κ2) is 7.21. The molecule has 1 atom stereocenters. The van der Waals surface area contributed by atoms with Crippen LogP contribution in [0, 0.1) is 5.92 Å². The molecular formula is C17H22ClN5O. The predicted octanol–water partition coefficient (Wildman–Crippen LogP) is 3.07. The van der Waals surface area contributed by atoms with Crippen molar-refractivity contribution < 1.29 is 4.79 Å². The maximum absolute atomic E-state index is 12.3. The van der Waals surface area contributed by atoms with Gasteiger partial charge in [0.2, 0.25) is 0 Å². The first-order valence-electron chi connectivity index (χ1n) is 8.25. The average molecular weight is 348 g/mol. The molecule has 24 heavy (non-hydrogen) atoms. The Kier molecular flexibility index (Phi) is 5.04. The van der Waals surface area contributed by atoms with Crippen LogP contribution in [0.15, 0.2) is 24.3 Å². The SMILES string of the molecule is CC(C)[C@H](NC(=O)NCc1ccc(Cl)cc1)c1nnc2n1CCC2. The van der Waals surface area contributed by atoms with Crippen LogP contribution in [0.5, 0.6) is 0 Å². The minimum absolute atomic E-state index is 0.158. The van der Waals surface area contributed by atoms with Gasteiger partial charge in [0.15, 0.2) is 5.82 Å². The van der Waals surface area contributed by atoms with E-state index in [1.165, 1.54) is 0 Å². The number of halogens is 1. The van der Waals surface area contributed by atoms with Gasteiger partial charge in [-0.25, -0.2) is 4.79 Å². The van der Waals surface area contributed by atoms with E-state index in [0.29, 0.717) is 11.6 Å². The Balaban J connectivity index is 1.63. The van der Waals surface area contributed by atoms with E-state index in [2.05, 4.69) is 39.2 Å². The maximum atomic E-state index is 12.3. The number of nitrogens with zero attached hydrogens (tertiary/aromatic N) is 3. The van der Waals surface area contributed by atoms with E-state index in [9.17, 15) is 4.79 Å². The van der Waals surface area contributed by atoms with Gasteiger partial charge in [0.25, 0.3) is 0 Å². The molecule has 3 rings (SSSR count). The molecule has 2 amide bonds. The van der Waals surface area contributed by atoms with Crippen LogP contribution in [0.2, 0.25) is 5.02 Å². The number of nitrogens with one attached hydrogen (secondary N) is 2. The summed E-state index contributed by atoms with van der Waals surface area (Å²) < 4.78 is 2.13. The molecule has 2 N–H and O–H groups in total. The Morgan fingerprint density at radius 3 is 2.75 bits per heavy atom. The number of fused-ring (bicyclic) bond motifs is 1. The van der Waals surface area contributed by atoms with Gasteiger partial charge in [0.05, 0.1) is 6.04 Å². The molecule has 1 aliphatic heterocycles. The molecule has 1 aromatic heterocycles. The van der Waals surface area contributed by atoms with Gasteiger partial charge in [-0.1, -0.05) is 37.6 Å². The molecule has 0 saturated carbocycles. The van der Waals surface area contributed by atoms with Crippen molar-refractivity contribution >= 4 is 17.6 Å². The zero-order valence-electron chi connectivity index (χ0n) is 13.9. The quantitative estimate of drug-likeness (QED) is 0.873. The van der Waals surface area contributed by atoms with E-state index in [1.54, 1.807) is 0 Å². The molecule has 0 bridgehead atoms. The van der Waals surface area contributed by atoms with Crippen molar-refractivity contribution in [3.05, 3.63) is 46.5 Å². The van der Waals surface area contributed by atoms with Crippen LogP contribution in [0.3, 0.4) is 0 Å². The van der Waals surface area contributed by atoms with Crippen LogP contribution in [0.25, 0.3) is 0 Å². The third-order valence-corrected chi connectivity index (χ3v) is 4.49. The fourth-order valence-corrected chi connectivity index (χ4v) is 3.04. The van der Waals surface area contributed by atoms with Gasteiger partial charge in [-0.3, -0.25) is 0 Å². The highest BCUT2D eigenvalue weighted by Crippen LogP contribution is 2.24. The molecule has 6 nitrogen and oxygen atoms in total. The van der Waals surface area contributed by atoms with Crippen molar-refractivity contribution in [1.29, 1.82) is 0 Å². The van der Waals surface area contributed by atoms with Crippen LogP contribution in [-0.4, -0.2) is 20.8 Å². The van der Waals surface area contributed by atoms with Crippen molar-refractivity contribution in [2.45, 2.75) is 45.8 Å². The first-order valence-corrected chi connectivity index (χ1v) is 8.63. The highest BCUT2D eigenvalue weighted by atomic mass is 35.5. The molecule has 0 spiro atoms. The van der Waals surface area contributed by atoms with Gasteiger partial charge in [0.1, 0.15) is 5.82 Å². The Morgan fingerprint density at radius 2 is 2.04 bits per heavy atom. The lowest BCUT2D eigenvalue weighted by Gasteiger charge is -2.22. The molecule has 0 radical (unpaired) electrons. The molecule has 1 aromatic carbocycles. The smallest absolute Gasteiger partial charge is 0.315 e. The van der Waals surface area contributed by atoms with Crippen LogP contribution in [0.1, 0.15) is 43.5 Å². The number of hydrogen-bond donors (Lipinski definition) is 2. The van der Waals surface area contributed by atoms with Crippen LogP contribution >= 0.6 is 11.6 Å². The minimum Gasteiger partial charge on any atom is -0.334 e. The summed E-state index contributed by atoms with van der Waals surface area (Å²) >= 11 is 5.87. The standard InChI is InChI=1S/C17H22ClN5O/c1-11(2)15(16-22-21-14-4-3-9-23(14)16)20-17(24)19-10-12-5-7-13(18)8-6-12/h5-8,11,15H,3-4,9-10H2,1-2H3,(H2,19,20,24)/t15-/m0/s1. The summed E-state index contributed by atoms with van der Waals surface area (Å²) in [5, 5.41) is 15.1. The molecule has 2 heterocycles. The summed E-state index contributed by atoms with van der Waals surface area (Å²) in [7, 11) is 0. The number of amides is 2. The number of hydrogen-bond acceptors (Lipinski definition) is 3. The number of rotatable bonds is 5. The molecule has 7 heteroatoms. The molecule has 0 aliphatic carbocycles. The normalized spacial score (nSPS) is 14.5. The fraction of sp³-hybridized carbons (Fsp3) is 0.471. The molecule has 1 aliphatic rings. The van der Waals surface area contributed by atoms with Crippen molar-refractivity contribution in [2.75, 3.05) is 0 Å². The van der Waals surface area contributed by atoms with Gasteiger partial charge in [-0.2, -0.15) is 0 Å². The van der Waals surface area contributed by atoms with E-state index in [4.69, 9.17) is 11.6 Å². The Morgan fingerprint density at radius 1 is 1.29 bits per heavy atom. The van der Waals surface area contributed by atoms with E-state index >= 15 is 0 Å². The summed E-state index contributed by atoms with van der Waals surface area (Å²) in [4.78, 5) is 12.3. The van der Waals surface area contributed by atoms with Crippen molar-refractivity contribution in [2.24, 2.45) is 5.92 Å². The van der Waals surface area contributed by atoms with Crippen LogP contribution in [0.4, 0.5) is 4.79 Å². The predicted molar refractivity (Wildman–Crippen MR) is 92.7 cm³/mol. The van der Waals surface area contributed by atoms with E-state index < -0.39 is 0 Å². The Bertz CT molecular complexity index is 710. The van der Waals surface area contributed by atoms with Gasteiger partial charge >= 0.3 is 6.03 Å². The van der Waals surface area contributed by atoms with Crippen LogP contribution in [-0.2, 0) is 19.5 Å². The zero-order chi connectivity index (χ0) is 17.1. The lowest BCUT2D eigenvalue weighted by Crippen LogP contribution is -2.40. The molecule has 128 valence electrons. The van der Waals surface area contributed by atoms with Crippen molar-refractivity contribution in [1.82, 2.24) is 25.4 Å². The third-order valence-electron chi connectivity index (χ3n) is 4.24. The van der Waals surface area contributed by atoms with Crippen molar-refractivity contribution in [3.63, 3.8) is 0 Å². The first kappa shape index (κ1) is 16.8. The molecule has 0 fully saturated rings. The molecular weight excluding hydrogens is 326 g/mol. The number of carbonyl (C=O) groups excluding carboxylic acids is 1. The van der Waals surface area contributed by atoms with Gasteiger partial charge < -0.3 is 15.2 Å². The van der Waals surface area contributed by atoms with Crippen LogP contribution < -0.4 is 10.6 Å². The second-order valence-corrected chi connectivity index (χ2v) is 6.84. The second-order valence-electron chi connectivity index (χ2n) is 6.40. The fourth-order valence-electron chi connectivity index (χ4n) is 2.91. The number of urea groups is 1. The number of aromatic nitrogens is 3. The summed E-state index contributed by atoms with van der Waals surface area (Å²) in [6.07, 6.45) is 2.05. The van der Waals surface area contributed by atoms with E-state index in [-0.39, 0.29) is 18.0 Å². The zero-order valence-corrected chi connectivity index (χ0v) is 14.7. The number of aryl methyl sites for hydroxylation is 1. The van der Waals surface area contributed by atoms with Gasteiger partial charge in [-0.15, -0.1) is 10.2 Å². The van der Waals surface area contributed by atoms with Crippen molar-refractivity contribution in [3.8, 4) is 0 Å². The summed E-state index contributed by atoms with van der Waals surface area (Å²) in [6, 6.07) is 7.05. The van der Waals surface area contributed by atoms with E-state index in [1.807, 2.05) is 24.3 Å². The summed E-state index contributed by atoms with van der Waals surface area (Å²) in [5.74, 6) is 2.08. The number of carbonyl (C=O) groups is 1. The summed E-state index contributed by atoms with van der Waals surface area (Å²) in [6.45, 7) is 5.52. The van der Waals surface area contributed by atoms with E-state index in [0.717, 1.165) is 36.6 Å². The maximum Gasteiger partial charge on any atom is 0.315 e. The van der Waals surface area contributed by atoms with Gasteiger partial charge in [-0.05, 0) is 30.0 Å². The highest BCUT2D eigenvalue weighted by Gasteiger charge is 2.27. The van der Waals surface area contributed by atoms with Gasteiger partial charge in [0, 0.05) is 24.5 Å². The topological polar surface area (TPSA) is 71.8 Å². The minimum atomic E-state index is -0.209. The molecule has 0 unspecified atom stereocenters. The highest BCUT2D eigenvalue weighted by molar-refractivity contribution is 6.30. The lowest BCUT2D eigenvalue weighted by atomic mass is 10.0. The lowest BCUT2D eigenvalue weighted by molar-refractivity contribution is 0.231. The first-order chi connectivity index (χ1) is 11.5. The largest absolute Gasteiger partial charge is 0.334 e. The Labute approximate surface area is 146 Å². The monoisotopic (exact) mass is 347 g/mol. The molecule has 2 aromatic rings. The number of benzene rings is 1.